The van der Waals surface area contributed by atoms with Gasteiger partial charge in [0.1, 0.15) is 0 Å². The molecule has 0 N–H and O–H groups in total. The maximum absolute atomic E-state index is 13.1. The van der Waals surface area contributed by atoms with Crippen LogP contribution in [-0.4, -0.2) is 25.4 Å². The smallest absolute Gasteiger partial charge is 0.279 e. The summed E-state index contributed by atoms with van der Waals surface area (Å²) in [4.78, 5) is 17.8. The second-order valence-corrected chi connectivity index (χ2v) is 10.2. The topological polar surface area (TPSA) is 71.7 Å². The van der Waals surface area contributed by atoms with Gasteiger partial charge < -0.3 is 4.57 Å². The second-order valence-electron chi connectivity index (χ2n) is 7.31. The summed E-state index contributed by atoms with van der Waals surface area (Å²) in [6.45, 7) is 4.10. The fourth-order valence-electron chi connectivity index (χ4n) is 3.64. The number of para-hydroxylation sites is 2. The standard InChI is InChI=1S/C24H23N3O3S2/c1-4-27(19-10-6-5-7-11-19)32(29,30)20-15-13-18(14-16-20)23(28)25-24-26(3)22-17(2)9-8-12-21(22)31-24/h5-16H,4H2,1-3H3. The van der Waals surface area contributed by atoms with Gasteiger partial charge in [0.25, 0.3) is 15.9 Å². The van der Waals surface area contributed by atoms with Gasteiger partial charge in [-0.15, -0.1) is 0 Å². The lowest BCUT2D eigenvalue weighted by molar-refractivity contribution is 0.0998. The number of benzene rings is 3. The first-order valence-corrected chi connectivity index (χ1v) is 12.4. The highest BCUT2D eigenvalue weighted by molar-refractivity contribution is 7.92. The van der Waals surface area contributed by atoms with Gasteiger partial charge in [-0.05, 0) is 61.9 Å². The number of rotatable bonds is 5. The predicted octanol–water partition coefficient (Wildman–Crippen LogP) is 4.50. The van der Waals surface area contributed by atoms with Crippen LogP contribution < -0.4 is 9.11 Å². The van der Waals surface area contributed by atoms with Gasteiger partial charge in [0.05, 0.1) is 20.8 Å². The van der Waals surface area contributed by atoms with E-state index in [1.54, 1.807) is 31.2 Å². The number of sulfonamides is 1. The summed E-state index contributed by atoms with van der Waals surface area (Å²) >= 11 is 1.45. The molecule has 6 nitrogen and oxygen atoms in total. The van der Waals surface area contributed by atoms with E-state index in [2.05, 4.69) is 4.99 Å². The largest absolute Gasteiger partial charge is 0.319 e. The number of carbonyl (C=O) groups excluding carboxylic acids is 1. The number of thiazole rings is 1. The van der Waals surface area contributed by atoms with Crippen molar-refractivity contribution in [3.63, 3.8) is 0 Å². The van der Waals surface area contributed by atoms with Crippen molar-refractivity contribution in [2.24, 2.45) is 12.0 Å². The Bertz CT molecular complexity index is 1450. The highest BCUT2D eigenvalue weighted by Gasteiger charge is 2.23. The van der Waals surface area contributed by atoms with Gasteiger partial charge in [0.15, 0.2) is 4.80 Å². The number of hydrogen-bond donors (Lipinski definition) is 0. The third kappa shape index (κ3) is 3.99. The Morgan fingerprint density at radius 1 is 1.00 bits per heavy atom. The average Bonchev–Trinajstić information content (AvgIpc) is 3.11. The van der Waals surface area contributed by atoms with E-state index in [9.17, 15) is 13.2 Å². The molecule has 4 rings (SSSR count). The average molecular weight is 466 g/mol. The van der Waals surface area contributed by atoms with E-state index in [0.29, 0.717) is 22.6 Å². The SMILES string of the molecule is CCN(c1ccccc1)S(=O)(=O)c1ccc(C(=O)N=c2sc3cccc(C)c3n2C)cc1. The predicted molar refractivity (Wildman–Crippen MR) is 129 cm³/mol. The van der Waals surface area contributed by atoms with Gasteiger partial charge in [-0.3, -0.25) is 9.10 Å². The van der Waals surface area contributed by atoms with E-state index in [4.69, 9.17) is 0 Å². The molecule has 8 heteroatoms. The molecule has 4 aromatic rings. The molecule has 0 atom stereocenters. The molecule has 0 saturated heterocycles. The van der Waals surface area contributed by atoms with Crippen LogP contribution in [0.15, 0.2) is 82.7 Å². The number of nitrogens with zero attached hydrogens (tertiary/aromatic N) is 3. The molecular weight excluding hydrogens is 442 g/mol. The van der Waals surface area contributed by atoms with Crippen LogP contribution >= 0.6 is 11.3 Å². The van der Waals surface area contributed by atoms with E-state index in [1.807, 2.05) is 42.8 Å². The van der Waals surface area contributed by atoms with E-state index >= 15 is 0 Å². The molecule has 0 aliphatic rings. The number of carbonyl (C=O) groups is 1. The van der Waals surface area contributed by atoms with Gasteiger partial charge in [-0.2, -0.15) is 4.99 Å². The zero-order valence-corrected chi connectivity index (χ0v) is 19.7. The lowest BCUT2D eigenvalue weighted by atomic mass is 10.2. The fraction of sp³-hybridized carbons (Fsp3) is 0.167. The minimum absolute atomic E-state index is 0.128. The van der Waals surface area contributed by atoms with E-state index in [-0.39, 0.29) is 4.90 Å². The second kappa shape index (κ2) is 8.72. The van der Waals surface area contributed by atoms with Crippen molar-refractivity contribution in [2.45, 2.75) is 18.7 Å². The third-order valence-corrected chi connectivity index (χ3v) is 8.26. The summed E-state index contributed by atoms with van der Waals surface area (Å²) in [5, 5.41) is 0. The summed E-state index contributed by atoms with van der Waals surface area (Å²) in [5.74, 6) is -0.413. The van der Waals surface area contributed by atoms with Crippen molar-refractivity contribution in [1.29, 1.82) is 0 Å². The van der Waals surface area contributed by atoms with E-state index in [1.165, 1.54) is 39.9 Å². The van der Waals surface area contributed by atoms with Crippen molar-refractivity contribution in [3.05, 3.63) is 88.7 Å². The number of amides is 1. The Morgan fingerprint density at radius 2 is 1.69 bits per heavy atom. The number of fused-ring (bicyclic) bond motifs is 1. The van der Waals surface area contributed by atoms with Crippen molar-refractivity contribution < 1.29 is 13.2 Å². The van der Waals surface area contributed by atoms with E-state index < -0.39 is 15.9 Å². The number of anilines is 1. The van der Waals surface area contributed by atoms with Crippen molar-refractivity contribution in [1.82, 2.24) is 4.57 Å². The normalized spacial score (nSPS) is 12.3. The zero-order valence-electron chi connectivity index (χ0n) is 18.0. The molecule has 0 unspecified atom stereocenters. The van der Waals surface area contributed by atoms with Crippen LogP contribution in [-0.2, 0) is 17.1 Å². The molecule has 0 fully saturated rings. The lowest BCUT2D eigenvalue weighted by Crippen LogP contribution is -2.30. The van der Waals surface area contributed by atoms with Gasteiger partial charge in [-0.25, -0.2) is 8.42 Å². The quantitative estimate of drug-likeness (QED) is 0.436. The first-order chi connectivity index (χ1) is 15.3. The number of hydrogen-bond acceptors (Lipinski definition) is 4. The van der Waals surface area contributed by atoms with Crippen LogP contribution in [0.25, 0.3) is 10.2 Å². The summed E-state index contributed by atoms with van der Waals surface area (Å²) in [7, 11) is -1.86. The van der Waals surface area contributed by atoms with Crippen molar-refractivity contribution >= 4 is 43.2 Å². The molecule has 0 spiro atoms. The Morgan fingerprint density at radius 3 is 2.31 bits per heavy atom. The highest BCUT2D eigenvalue weighted by Crippen LogP contribution is 2.24. The maximum Gasteiger partial charge on any atom is 0.279 e. The first-order valence-electron chi connectivity index (χ1n) is 10.1. The summed E-state index contributed by atoms with van der Waals surface area (Å²) in [6, 6.07) is 20.9. The Kier molecular flexibility index (Phi) is 5.99. The molecule has 3 aromatic carbocycles. The van der Waals surface area contributed by atoms with E-state index in [0.717, 1.165) is 15.8 Å². The van der Waals surface area contributed by atoms with Crippen LogP contribution in [0.1, 0.15) is 22.8 Å². The fourth-order valence-corrected chi connectivity index (χ4v) is 6.21. The van der Waals surface area contributed by atoms with Crippen LogP contribution in [0.2, 0.25) is 0 Å². The summed E-state index contributed by atoms with van der Waals surface area (Å²) in [5.41, 5.74) is 3.09. The van der Waals surface area contributed by atoms with Gasteiger partial charge in [0, 0.05) is 19.2 Å². The first kappa shape index (κ1) is 22.0. The molecule has 1 heterocycles. The van der Waals surface area contributed by atoms with Gasteiger partial charge >= 0.3 is 0 Å². The molecule has 0 radical (unpaired) electrons. The van der Waals surface area contributed by atoms with Gasteiger partial charge in [0.2, 0.25) is 0 Å². The third-order valence-electron chi connectivity index (χ3n) is 5.24. The van der Waals surface area contributed by atoms with Crippen molar-refractivity contribution in [2.75, 3.05) is 10.8 Å². The van der Waals surface area contributed by atoms with Crippen LogP contribution in [0.4, 0.5) is 5.69 Å². The van der Waals surface area contributed by atoms with Crippen molar-refractivity contribution in [3.8, 4) is 0 Å². The number of aromatic nitrogens is 1. The van der Waals surface area contributed by atoms with Gasteiger partial charge in [-0.1, -0.05) is 41.7 Å². The Balaban J connectivity index is 1.65. The van der Waals surface area contributed by atoms with Crippen LogP contribution in [0, 0.1) is 6.92 Å². The molecule has 0 aliphatic carbocycles. The molecule has 1 amide bonds. The van der Waals surface area contributed by atoms with Crippen LogP contribution in [0.3, 0.4) is 0 Å². The Hall–Kier alpha value is -3.23. The van der Waals surface area contributed by atoms with Crippen LogP contribution in [0.5, 0.6) is 0 Å². The molecule has 0 aliphatic heterocycles. The molecule has 32 heavy (non-hydrogen) atoms. The molecule has 0 bridgehead atoms. The zero-order chi connectivity index (χ0) is 22.9. The Labute approximate surface area is 191 Å². The summed E-state index contributed by atoms with van der Waals surface area (Å²) < 4.78 is 30.6. The minimum atomic E-state index is -3.74. The monoisotopic (exact) mass is 465 g/mol. The molecular formula is C24H23N3O3S2. The highest BCUT2D eigenvalue weighted by atomic mass is 32.2. The summed E-state index contributed by atoms with van der Waals surface area (Å²) in [6.07, 6.45) is 0. The molecule has 1 aromatic heterocycles. The molecule has 164 valence electrons. The number of aryl methyl sites for hydroxylation is 2. The lowest BCUT2D eigenvalue weighted by Gasteiger charge is -2.22. The molecule has 0 saturated carbocycles. The minimum Gasteiger partial charge on any atom is -0.319 e. The maximum atomic E-state index is 13.1.